The molecule has 0 amide bonds. The zero-order valence-corrected chi connectivity index (χ0v) is 10.00. The van der Waals surface area contributed by atoms with E-state index in [0.717, 1.165) is 5.75 Å². The largest absolute Gasteiger partial charge is 0.491 e. The molecule has 1 aromatic carbocycles. The monoisotopic (exact) mass is 242 g/mol. The first-order valence-electron chi connectivity index (χ1n) is 5.11. The molecule has 0 aliphatic rings. The maximum Gasteiger partial charge on any atom is 0.159 e. The predicted molar refractivity (Wildman–Crippen MR) is 63.5 cm³/mol. The molecule has 0 aliphatic heterocycles. The van der Waals surface area contributed by atoms with Crippen LogP contribution in [0.4, 0.5) is 0 Å². The van der Waals surface area contributed by atoms with E-state index in [1.54, 1.807) is 24.3 Å². The second kappa shape index (κ2) is 7.25. The molecule has 0 N–H and O–H groups in total. The molecular formula is C12H15ClO3. The van der Waals surface area contributed by atoms with E-state index in [2.05, 4.69) is 0 Å². The van der Waals surface area contributed by atoms with Gasteiger partial charge in [-0.05, 0) is 31.2 Å². The zero-order valence-electron chi connectivity index (χ0n) is 9.24. The van der Waals surface area contributed by atoms with Gasteiger partial charge in [-0.3, -0.25) is 4.79 Å². The van der Waals surface area contributed by atoms with Gasteiger partial charge in [0.05, 0.1) is 13.2 Å². The topological polar surface area (TPSA) is 35.5 Å². The molecule has 0 heterocycles. The summed E-state index contributed by atoms with van der Waals surface area (Å²) in [6, 6.07) is 7.05. The standard InChI is InChI=1S/C12H15ClO3/c1-10(14)11-2-4-12(5-3-11)16-9-8-15-7-6-13/h2-5H,6-9H2,1H3. The highest BCUT2D eigenvalue weighted by atomic mass is 35.5. The number of hydrogen-bond acceptors (Lipinski definition) is 3. The fourth-order valence-corrected chi connectivity index (χ4v) is 1.27. The number of rotatable bonds is 7. The fraction of sp³-hybridized carbons (Fsp3) is 0.417. The van der Waals surface area contributed by atoms with E-state index < -0.39 is 0 Å². The van der Waals surface area contributed by atoms with E-state index in [1.807, 2.05) is 0 Å². The Bertz CT molecular complexity index is 322. The minimum atomic E-state index is 0.0528. The van der Waals surface area contributed by atoms with Crippen LogP contribution < -0.4 is 4.74 Å². The van der Waals surface area contributed by atoms with Crippen LogP contribution in [0.1, 0.15) is 17.3 Å². The van der Waals surface area contributed by atoms with Crippen molar-refractivity contribution in [2.24, 2.45) is 0 Å². The molecule has 0 fully saturated rings. The van der Waals surface area contributed by atoms with Gasteiger partial charge in [0.2, 0.25) is 0 Å². The first kappa shape index (κ1) is 13.0. The molecule has 0 saturated carbocycles. The van der Waals surface area contributed by atoms with Gasteiger partial charge >= 0.3 is 0 Å². The summed E-state index contributed by atoms with van der Waals surface area (Å²) in [5, 5.41) is 0. The molecule has 0 unspecified atom stereocenters. The fourth-order valence-electron chi connectivity index (χ4n) is 1.16. The Hall–Kier alpha value is -1.06. The molecule has 3 nitrogen and oxygen atoms in total. The van der Waals surface area contributed by atoms with Gasteiger partial charge in [-0.2, -0.15) is 0 Å². The van der Waals surface area contributed by atoms with Crippen LogP contribution in [0.2, 0.25) is 0 Å². The van der Waals surface area contributed by atoms with E-state index in [0.29, 0.717) is 31.3 Å². The second-order valence-corrected chi connectivity index (χ2v) is 3.61. The molecule has 0 spiro atoms. The molecule has 0 saturated heterocycles. The van der Waals surface area contributed by atoms with Crippen LogP contribution in [0.15, 0.2) is 24.3 Å². The first-order valence-corrected chi connectivity index (χ1v) is 5.65. The minimum Gasteiger partial charge on any atom is -0.491 e. The lowest BCUT2D eigenvalue weighted by Gasteiger charge is -2.06. The number of alkyl halides is 1. The minimum absolute atomic E-state index is 0.0528. The maximum absolute atomic E-state index is 11.0. The smallest absolute Gasteiger partial charge is 0.159 e. The summed E-state index contributed by atoms with van der Waals surface area (Å²) in [5.74, 6) is 1.28. The molecule has 0 radical (unpaired) electrons. The van der Waals surface area contributed by atoms with Crippen LogP contribution in [0.5, 0.6) is 5.75 Å². The normalized spacial score (nSPS) is 10.1. The van der Waals surface area contributed by atoms with Crippen LogP contribution in [0.3, 0.4) is 0 Å². The Morgan fingerprint density at radius 2 is 1.88 bits per heavy atom. The number of hydrogen-bond donors (Lipinski definition) is 0. The summed E-state index contributed by atoms with van der Waals surface area (Å²) in [4.78, 5) is 11.0. The van der Waals surface area contributed by atoms with Gasteiger partial charge in [-0.15, -0.1) is 11.6 Å². The predicted octanol–water partition coefficient (Wildman–Crippen LogP) is 2.52. The van der Waals surface area contributed by atoms with Crippen molar-refractivity contribution in [2.75, 3.05) is 25.7 Å². The molecular weight excluding hydrogens is 228 g/mol. The molecule has 88 valence electrons. The highest BCUT2D eigenvalue weighted by molar-refractivity contribution is 6.17. The second-order valence-electron chi connectivity index (χ2n) is 3.23. The Morgan fingerprint density at radius 3 is 2.44 bits per heavy atom. The summed E-state index contributed by atoms with van der Waals surface area (Å²) in [6.45, 7) is 3.07. The number of benzene rings is 1. The third kappa shape index (κ3) is 4.64. The quantitative estimate of drug-likeness (QED) is 0.419. The van der Waals surface area contributed by atoms with Crippen molar-refractivity contribution >= 4 is 17.4 Å². The summed E-state index contributed by atoms with van der Waals surface area (Å²) in [7, 11) is 0. The molecule has 0 atom stereocenters. The number of halogens is 1. The number of carbonyl (C=O) groups excluding carboxylic acids is 1. The van der Waals surface area contributed by atoms with Gasteiger partial charge in [0.15, 0.2) is 5.78 Å². The molecule has 1 rings (SSSR count). The average molecular weight is 243 g/mol. The van der Waals surface area contributed by atoms with Gasteiger partial charge in [-0.25, -0.2) is 0 Å². The van der Waals surface area contributed by atoms with Crippen molar-refractivity contribution in [1.29, 1.82) is 0 Å². The van der Waals surface area contributed by atoms with Crippen molar-refractivity contribution < 1.29 is 14.3 Å². The van der Waals surface area contributed by atoms with E-state index in [-0.39, 0.29) is 5.78 Å². The third-order valence-corrected chi connectivity index (χ3v) is 2.13. The summed E-state index contributed by atoms with van der Waals surface area (Å²) in [6.07, 6.45) is 0. The average Bonchev–Trinajstić information content (AvgIpc) is 2.29. The SMILES string of the molecule is CC(=O)c1ccc(OCCOCCCl)cc1. The molecule has 0 aliphatic carbocycles. The lowest BCUT2D eigenvalue weighted by molar-refractivity contribution is 0.101. The van der Waals surface area contributed by atoms with Gasteiger partial charge in [0.1, 0.15) is 12.4 Å². The van der Waals surface area contributed by atoms with Crippen LogP contribution in [0.25, 0.3) is 0 Å². The Balaban J connectivity index is 2.29. The molecule has 16 heavy (non-hydrogen) atoms. The molecule has 1 aromatic rings. The van der Waals surface area contributed by atoms with Crippen molar-refractivity contribution in [3.8, 4) is 5.75 Å². The number of ketones is 1. The third-order valence-electron chi connectivity index (χ3n) is 1.98. The van der Waals surface area contributed by atoms with Gasteiger partial charge in [-0.1, -0.05) is 0 Å². The van der Waals surface area contributed by atoms with Crippen LogP contribution in [0, 0.1) is 0 Å². The number of ether oxygens (including phenoxy) is 2. The van der Waals surface area contributed by atoms with Gasteiger partial charge < -0.3 is 9.47 Å². The van der Waals surface area contributed by atoms with E-state index in [4.69, 9.17) is 21.1 Å². The summed E-state index contributed by atoms with van der Waals surface area (Å²) < 4.78 is 10.6. The Labute approximate surface area is 100 Å². The molecule has 0 aromatic heterocycles. The molecule has 0 bridgehead atoms. The van der Waals surface area contributed by atoms with Crippen LogP contribution in [-0.2, 0) is 4.74 Å². The highest BCUT2D eigenvalue weighted by Crippen LogP contribution is 2.12. The highest BCUT2D eigenvalue weighted by Gasteiger charge is 1.99. The Morgan fingerprint density at radius 1 is 1.19 bits per heavy atom. The van der Waals surface area contributed by atoms with Crippen LogP contribution in [-0.4, -0.2) is 31.5 Å². The lowest BCUT2D eigenvalue weighted by atomic mass is 10.1. The van der Waals surface area contributed by atoms with Gasteiger partial charge in [0, 0.05) is 11.4 Å². The van der Waals surface area contributed by atoms with Gasteiger partial charge in [0.25, 0.3) is 0 Å². The number of Topliss-reactive ketones (excluding diaryl/α,β-unsaturated/α-hetero) is 1. The van der Waals surface area contributed by atoms with Crippen molar-refractivity contribution in [1.82, 2.24) is 0 Å². The van der Waals surface area contributed by atoms with Crippen LogP contribution >= 0.6 is 11.6 Å². The first-order chi connectivity index (χ1) is 7.74. The summed E-state index contributed by atoms with van der Waals surface area (Å²) in [5.41, 5.74) is 0.686. The lowest BCUT2D eigenvalue weighted by Crippen LogP contribution is -2.08. The van der Waals surface area contributed by atoms with Crippen molar-refractivity contribution in [3.05, 3.63) is 29.8 Å². The number of carbonyl (C=O) groups is 1. The summed E-state index contributed by atoms with van der Waals surface area (Å²) >= 11 is 5.45. The molecule has 4 heteroatoms. The van der Waals surface area contributed by atoms with Crippen molar-refractivity contribution in [3.63, 3.8) is 0 Å². The Kier molecular flexibility index (Phi) is 5.90. The van der Waals surface area contributed by atoms with Crippen molar-refractivity contribution in [2.45, 2.75) is 6.92 Å². The van der Waals surface area contributed by atoms with E-state index >= 15 is 0 Å². The van der Waals surface area contributed by atoms with E-state index in [9.17, 15) is 4.79 Å². The maximum atomic E-state index is 11.0. The zero-order chi connectivity index (χ0) is 11.8. The van der Waals surface area contributed by atoms with E-state index in [1.165, 1.54) is 6.92 Å².